The maximum absolute atomic E-state index is 12.7. The monoisotopic (exact) mass is 370 g/mol. The van der Waals surface area contributed by atoms with E-state index < -0.39 is 0 Å². The topological polar surface area (TPSA) is 60.0 Å². The summed E-state index contributed by atoms with van der Waals surface area (Å²) in [5.74, 6) is 2.25. The lowest BCUT2D eigenvalue weighted by atomic mass is 10.1. The molecule has 0 saturated carbocycles. The van der Waals surface area contributed by atoms with Crippen LogP contribution < -0.4 is 19.5 Å². The smallest absolute Gasteiger partial charge is 0.237 e. The summed E-state index contributed by atoms with van der Waals surface area (Å²) in [7, 11) is 3.57. The molecule has 2 unspecified atom stereocenters. The van der Waals surface area contributed by atoms with Crippen molar-refractivity contribution in [3.8, 4) is 17.2 Å². The van der Waals surface area contributed by atoms with Crippen molar-refractivity contribution >= 4 is 5.91 Å². The van der Waals surface area contributed by atoms with Crippen molar-refractivity contribution in [3.63, 3.8) is 0 Å². The lowest BCUT2D eigenvalue weighted by Gasteiger charge is -2.26. The van der Waals surface area contributed by atoms with Crippen LogP contribution in [0.1, 0.15) is 31.0 Å². The van der Waals surface area contributed by atoms with Crippen molar-refractivity contribution in [1.29, 1.82) is 0 Å². The number of carbonyl (C=O) groups excluding carboxylic acids is 1. The zero-order valence-corrected chi connectivity index (χ0v) is 16.2. The van der Waals surface area contributed by atoms with Crippen molar-refractivity contribution in [2.45, 2.75) is 32.5 Å². The van der Waals surface area contributed by atoms with Gasteiger partial charge in [-0.25, -0.2) is 0 Å². The Labute approximate surface area is 160 Å². The van der Waals surface area contributed by atoms with E-state index in [1.807, 2.05) is 68.3 Å². The van der Waals surface area contributed by atoms with Gasteiger partial charge in [0.15, 0.2) is 11.5 Å². The van der Waals surface area contributed by atoms with E-state index in [0.717, 1.165) is 28.4 Å². The maximum atomic E-state index is 12.7. The minimum atomic E-state index is -0.285. The van der Waals surface area contributed by atoms with Crippen molar-refractivity contribution < 1.29 is 19.0 Å². The number of methoxy groups -OCH3 is 1. The number of fused-ring (bicyclic) bond motifs is 1. The molecular formula is C21H26N2O4. The second kappa shape index (κ2) is 8.31. The molecule has 2 aromatic carbocycles. The molecule has 0 spiro atoms. The molecule has 0 aliphatic carbocycles. The molecule has 6 nitrogen and oxygen atoms in total. The molecule has 0 aromatic heterocycles. The minimum Gasteiger partial charge on any atom is -0.496 e. The molecule has 0 radical (unpaired) electrons. The molecule has 3 rings (SSSR count). The fourth-order valence-electron chi connectivity index (χ4n) is 3.10. The Kier molecular flexibility index (Phi) is 5.86. The predicted octanol–water partition coefficient (Wildman–Crippen LogP) is 3.12. The van der Waals surface area contributed by atoms with Crippen molar-refractivity contribution in [1.82, 2.24) is 10.2 Å². The standard InChI is InChI=1S/C21H26N2O4/c1-14(17-7-5-6-8-18(17)25-4)22-21(24)15(2)23(3)12-16-9-10-19-20(11-16)27-13-26-19/h5-11,14-15H,12-13H2,1-4H3,(H,22,24). The molecule has 144 valence electrons. The van der Waals surface area contributed by atoms with Gasteiger partial charge in [0.2, 0.25) is 12.7 Å². The minimum absolute atomic E-state index is 0.0309. The van der Waals surface area contributed by atoms with Gasteiger partial charge in [0, 0.05) is 12.1 Å². The third-order valence-corrected chi connectivity index (χ3v) is 4.87. The van der Waals surface area contributed by atoms with Crippen molar-refractivity contribution in [2.75, 3.05) is 21.0 Å². The summed E-state index contributed by atoms with van der Waals surface area (Å²) < 4.78 is 16.1. The number of amides is 1. The van der Waals surface area contributed by atoms with Gasteiger partial charge in [-0.15, -0.1) is 0 Å². The Morgan fingerprint density at radius 2 is 1.93 bits per heavy atom. The first-order valence-corrected chi connectivity index (χ1v) is 9.01. The Bertz CT molecular complexity index is 809. The molecule has 0 bridgehead atoms. The summed E-state index contributed by atoms with van der Waals surface area (Å²) in [4.78, 5) is 14.7. The van der Waals surface area contributed by atoms with E-state index in [4.69, 9.17) is 14.2 Å². The molecule has 1 aliphatic rings. The van der Waals surface area contributed by atoms with Crippen LogP contribution >= 0.6 is 0 Å². The van der Waals surface area contributed by atoms with Crippen molar-refractivity contribution in [2.24, 2.45) is 0 Å². The Morgan fingerprint density at radius 1 is 1.19 bits per heavy atom. The summed E-state index contributed by atoms with van der Waals surface area (Å²) in [5.41, 5.74) is 2.03. The van der Waals surface area contributed by atoms with Crippen LogP contribution in [-0.2, 0) is 11.3 Å². The fourth-order valence-corrected chi connectivity index (χ4v) is 3.10. The number of rotatable bonds is 7. The highest BCUT2D eigenvalue weighted by molar-refractivity contribution is 5.81. The van der Waals surface area contributed by atoms with Crippen LogP contribution in [0.15, 0.2) is 42.5 Å². The molecule has 0 saturated heterocycles. The highest BCUT2D eigenvalue weighted by atomic mass is 16.7. The van der Waals surface area contributed by atoms with Crippen molar-refractivity contribution in [3.05, 3.63) is 53.6 Å². The highest BCUT2D eigenvalue weighted by Crippen LogP contribution is 2.32. The summed E-state index contributed by atoms with van der Waals surface area (Å²) in [6.45, 7) is 4.75. The van der Waals surface area contributed by atoms with E-state index in [2.05, 4.69) is 5.32 Å². The normalized spacial score (nSPS) is 14.7. The second-order valence-corrected chi connectivity index (χ2v) is 6.75. The molecule has 6 heteroatoms. The average Bonchev–Trinajstić information content (AvgIpc) is 3.14. The number of nitrogens with zero attached hydrogens (tertiary/aromatic N) is 1. The number of benzene rings is 2. The first kappa shape index (κ1) is 19.0. The van der Waals surface area contributed by atoms with Crippen LogP contribution in [0.3, 0.4) is 0 Å². The zero-order chi connectivity index (χ0) is 19.4. The van der Waals surface area contributed by atoms with E-state index >= 15 is 0 Å². The summed E-state index contributed by atoms with van der Waals surface area (Å²) >= 11 is 0. The average molecular weight is 370 g/mol. The van der Waals surface area contributed by atoms with E-state index in [-0.39, 0.29) is 24.8 Å². The van der Waals surface area contributed by atoms with Gasteiger partial charge < -0.3 is 19.5 Å². The van der Waals surface area contributed by atoms with Gasteiger partial charge in [-0.2, -0.15) is 0 Å². The molecule has 2 aromatic rings. The predicted molar refractivity (Wildman–Crippen MR) is 103 cm³/mol. The number of nitrogens with one attached hydrogen (secondary N) is 1. The largest absolute Gasteiger partial charge is 0.496 e. The lowest BCUT2D eigenvalue weighted by Crippen LogP contribution is -2.43. The van der Waals surface area contributed by atoms with E-state index in [9.17, 15) is 4.79 Å². The third kappa shape index (κ3) is 4.34. The molecule has 1 amide bonds. The first-order valence-electron chi connectivity index (χ1n) is 9.01. The lowest BCUT2D eigenvalue weighted by molar-refractivity contribution is -0.126. The second-order valence-electron chi connectivity index (χ2n) is 6.75. The number of hydrogen-bond donors (Lipinski definition) is 1. The fraction of sp³-hybridized carbons (Fsp3) is 0.381. The Hall–Kier alpha value is -2.73. The first-order chi connectivity index (χ1) is 13.0. The number of likely N-dealkylation sites (N-methyl/N-ethyl adjacent to an activating group) is 1. The van der Waals surface area contributed by atoms with Crippen LogP contribution in [0.2, 0.25) is 0 Å². The van der Waals surface area contributed by atoms with E-state index in [0.29, 0.717) is 6.54 Å². The summed E-state index contributed by atoms with van der Waals surface area (Å²) in [5, 5.41) is 3.07. The van der Waals surface area contributed by atoms with Gasteiger partial charge in [0.25, 0.3) is 0 Å². The van der Waals surface area contributed by atoms with Gasteiger partial charge in [0.05, 0.1) is 19.2 Å². The van der Waals surface area contributed by atoms with Crippen LogP contribution in [0.25, 0.3) is 0 Å². The van der Waals surface area contributed by atoms with Gasteiger partial charge in [-0.1, -0.05) is 24.3 Å². The van der Waals surface area contributed by atoms with Gasteiger partial charge >= 0.3 is 0 Å². The molecule has 1 heterocycles. The molecule has 27 heavy (non-hydrogen) atoms. The Morgan fingerprint density at radius 3 is 2.70 bits per heavy atom. The van der Waals surface area contributed by atoms with Gasteiger partial charge in [-0.3, -0.25) is 9.69 Å². The number of hydrogen-bond acceptors (Lipinski definition) is 5. The molecule has 1 N–H and O–H groups in total. The molecule has 2 atom stereocenters. The zero-order valence-electron chi connectivity index (χ0n) is 16.2. The number of ether oxygens (including phenoxy) is 3. The Balaban J connectivity index is 1.60. The van der Waals surface area contributed by atoms with Crippen LogP contribution in [-0.4, -0.2) is 37.8 Å². The quantitative estimate of drug-likeness (QED) is 0.811. The van der Waals surface area contributed by atoms with Crippen LogP contribution in [0, 0.1) is 0 Å². The summed E-state index contributed by atoms with van der Waals surface area (Å²) in [6.07, 6.45) is 0. The van der Waals surface area contributed by atoms with E-state index in [1.54, 1.807) is 7.11 Å². The number of carbonyl (C=O) groups is 1. The summed E-state index contributed by atoms with van der Waals surface area (Å²) in [6, 6.07) is 13.1. The van der Waals surface area contributed by atoms with E-state index in [1.165, 1.54) is 0 Å². The molecule has 1 aliphatic heterocycles. The molecule has 0 fully saturated rings. The highest BCUT2D eigenvalue weighted by Gasteiger charge is 2.22. The van der Waals surface area contributed by atoms with Crippen LogP contribution in [0.4, 0.5) is 0 Å². The SMILES string of the molecule is COc1ccccc1C(C)NC(=O)C(C)N(C)Cc1ccc2c(c1)OCO2. The number of para-hydroxylation sites is 1. The third-order valence-electron chi connectivity index (χ3n) is 4.87. The maximum Gasteiger partial charge on any atom is 0.237 e. The van der Waals surface area contributed by atoms with Crippen LogP contribution in [0.5, 0.6) is 17.2 Å². The molecular weight excluding hydrogens is 344 g/mol. The van der Waals surface area contributed by atoms with Gasteiger partial charge in [0.1, 0.15) is 5.75 Å². The van der Waals surface area contributed by atoms with Gasteiger partial charge in [-0.05, 0) is 44.7 Å².